The number of allylic oxidation sites excluding steroid dienone is 4. The first-order valence-corrected chi connectivity index (χ1v) is 26.0. The van der Waals surface area contributed by atoms with Gasteiger partial charge in [0.05, 0.1) is 6.61 Å². The van der Waals surface area contributed by atoms with Gasteiger partial charge in [0, 0.05) is 12.8 Å². The summed E-state index contributed by atoms with van der Waals surface area (Å²) < 4.78 is 54.1. The van der Waals surface area contributed by atoms with E-state index in [1.807, 2.05) is 0 Å². The minimum atomic E-state index is -4.60. The van der Waals surface area contributed by atoms with Crippen LogP contribution >= 0.6 is 0 Å². The van der Waals surface area contributed by atoms with E-state index in [0.717, 1.165) is 51.4 Å². The number of carbonyl (C=O) groups is 2. The first-order chi connectivity index (χ1) is 29.5. The zero-order chi connectivity index (χ0) is 44.8. The molecular formula is C48H88O12S. The van der Waals surface area contributed by atoms with Crippen LogP contribution in [0.5, 0.6) is 0 Å². The molecule has 0 aliphatic carbocycles. The van der Waals surface area contributed by atoms with Crippen LogP contribution in [-0.4, -0.2) is 96.0 Å². The highest BCUT2D eigenvalue weighted by Gasteiger charge is 2.46. The monoisotopic (exact) mass is 889 g/mol. The van der Waals surface area contributed by atoms with Crippen molar-refractivity contribution >= 4 is 22.1 Å². The molecule has 0 aromatic rings. The Balaban J connectivity index is 2.40. The maximum atomic E-state index is 12.8. The van der Waals surface area contributed by atoms with Crippen molar-refractivity contribution in [3.63, 3.8) is 0 Å². The summed E-state index contributed by atoms with van der Waals surface area (Å²) in [5.41, 5.74) is 0. The molecule has 1 rings (SSSR count). The highest BCUT2D eigenvalue weighted by molar-refractivity contribution is 7.85. The second kappa shape index (κ2) is 38.6. The van der Waals surface area contributed by atoms with Crippen LogP contribution in [0.2, 0.25) is 0 Å². The van der Waals surface area contributed by atoms with Gasteiger partial charge in [-0.1, -0.05) is 179 Å². The Bertz CT molecular complexity index is 1220. The topological polar surface area (TPSA) is 186 Å². The molecular weight excluding hydrogens is 801 g/mol. The Morgan fingerprint density at radius 1 is 0.557 bits per heavy atom. The van der Waals surface area contributed by atoms with Crippen molar-refractivity contribution in [3.8, 4) is 0 Å². The van der Waals surface area contributed by atoms with Crippen molar-refractivity contribution in [2.75, 3.05) is 19.0 Å². The number of unbranched alkanes of at least 4 members (excludes halogenated alkanes) is 25. The lowest BCUT2D eigenvalue weighted by atomic mass is 10.00. The van der Waals surface area contributed by atoms with E-state index in [0.29, 0.717) is 12.8 Å². The number of hydrogen-bond donors (Lipinski definition) is 4. The molecule has 12 nitrogen and oxygen atoms in total. The van der Waals surface area contributed by atoms with Crippen LogP contribution in [0.25, 0.3) is 0 Å². The normalized spacial score (nSPS) is 20.1. The molecule has 61 heavy (non-hydrogen) atoms. The highest BCUT2D eigenvalue weighted by atomic mass is 32.2. The van der Waals surface area contributed by atoms with E-state index in [4.69, 9.17) is 18.9 Å². The van der Waals surface area contributed by atoms with Gasteiger partial charge in [0.2, 0.25) is 0 Å². The summed E-state index contributed by atoms with van der Waals surface area (Å²) in [6, 6.07) is 0. The number of esters is 2. The van der Waals surface area contributed by atoms with E-state index >= 15 is 0 Å². The Morgan fingerprint density at radius 3 is 1.48 bits per heavy atom. The summed E-state index contributed by atoms with van der Waals surface area (Å²) >= 11 is 0. The third kappa shape index (κ3) is 33.3. The summed E-state index contributed by atoms with van der Waals surface area (Å²) in [5.74, 6) is -1.98. The van der Waals surface area contributed by atoms with E-state index in [1.165, 1.54) is 122 Å². The molecule has 0 radical (unpaired) electrons. The first-order valence-electron chi connectivity index (χ1n) is 24.4. The summed E-state index contributed by atoms with van der Waals surface area (Å²) in [5, 5.41) is 30.9. The standard InChI is InChI=1S/C48H88O12S/c1-3-5-7-9-11-13-15-17-19-20-21-22-23-25-27-29-31-33-35-37-44(50)59-41(39-58-48-47(53)46(52)45(51)42(60-48)40-61(54,55)56)38-57-43(49)36-34-32-30-28-26-24-18-16-14-12-10-8-6-4-2/h11,13,17,19,41-42,45-48,51-53H,3-10,12,14-16,18,20-40H2,1-2H3,(H,54,55,56)/b13-11-,19-17-. The molecule has 0 bridgehead atoms. The van der Waals surface area contributed by atoms with Crippen LogP contribution in [0.3, 0.4) is 0 Å². The lowest BCUT2D eigenvalue weighted by molar-refractivity contribution is -0.297. The van der Waals surface area contributed by atoms with Gasteiger partial charge in [0.1, 0.15) is 36.8 Å². The molecule has 1 fully saturated rings. The van der Waals surface area contributed by atoms with Crippen LogP contribution in [0, 0.1) is 0 Å². The molecule has 6 atom stereocenters. The Labute approximate surface area is 370 Å². The average molecular weight is 889 g/mol. The van der Waals surface area contributed by atoms with E-state index < -0.39 is 71.2 Å². The zero-order valence-corrected chi connectivity index (χ0v) is 39.1. The van der Waals surface area contributed by atoms with E-state index in [9.17, 15) is 37.9 Å². The molecule has 1 heterocycles. The number of aliphatic hydroxyl groups is 3. The Morgan fingerprint density at radius 2 is 0.984 bits per heavy atom. The molecule has 0 amide bonds. The summed E-state index contributed by atoms with van der Waals surface area (Å²) in [6.07, 6.45) is 33.5. The fourth-order valence-corrected chi connectivity index (χ4v) is 8.16. The Hall–Kier alpha value is -1.87. The molecule has 358 valence electrons. The van der Waals surface area contributed by atoms with Gasteiger partial charge in [0.25, 0.3) is 10.1 Å². The lowest BCUT2D eigenvalue weighted by Gasteiger charge is -2.40. The van der Waals surface area contributed by atoms with Crippen molar-refractivity contribution < 1.29 is 56.8 Å². The SMILES string of the molecule is CCCCC/C=C\C/C=C\CCCCCCCCCCCC(=O)OC(COC(=O)CCCCCCCCCCCCCCCC)COC1OC(CS(=O)(=O)O)C(O)C(O)C1O. The van der Waals surface area contributed by atoms with Gasteiger partial charge >= 0.3 is 11.9 Å². The minimum absolute atomic E-state index is 0.162. The second-order valence-corrected chi connectivity index (χ2v) is 18.6. The molecule has 0 aromatic heterocycles. The number of ether oxygens (including phenoxy) is 4. The third-order valence-electron chi connectivity index (χ3n) is 11.3. The van der Waals surface area contributed by atoms with Crippen molar-refractivity contribution in [2.45, 2.75) is 250 Å². The van der Waals surface area contributed by atoms with Gasteiger partial charge in [-0.05, 0) is 44.9 Å². The van der Waals surface area contributed by atoms with Gasteiger partial charge in [-0.3, -0.25) is 14.1 Å². The quantitative estimate of drug-likeness (QED) is 0.0197. The number of carbonyl (C=O) groups excluding carboxylic acids is 2. The van der Waals surface area contributed by atoms with Crippen molar-refractivity contribution in [3.05, 3.63) is 24.3 Å². The van der Waals surface area contributed by atoms with Crippen LogP contribution < -0.4 is 0 Å². The molecule has 0 saturated carbocycles. The van der Waals surface area contributed by atoms with Gasteiger partial charge in [-0.15, -0.1) is 0 Å². The van der Waals surface area contributed by atoms with E-state index in [1.54, 1.807) is 0 Å². The lowest BCUT2D eigenvalue weighted by Crippen LogP contribution is -2.60. The smallest absolute Gasteiger partial charge is 0.306 e. The fraction of sp³-hybridized carbons (Fsp3) is 0.875. The highest BCUT2D eigenvalue weighted by Crippen LogP contribution is 2.24. The van der Waals surface area contributed by atoms with Crippen LogP contribution in [0.1, 0.15) is 213 Å². The van der Waals surface area contributed by atoms with E-state index in [2.05, 4.69) is 38.2 Å². The number of aliphatic hydroxyl groups excluding tert-OH is 3. The fourth-order valence-electron chi connectivity index (χ4n) is 7.47. The largest absolute Gasteiger partial charge is 0.462 e. The van der Waals surface area contributed by atoms with Gasteiger partial charge in [-0.25, -0.2) is 0 Å². The summed E-state index contributed by atoms with van der Waals surface area (Å²) in [7, 11) is -4.60. The summed E-state index contributed by atoms with van der Waals surface area (Å²) in [4.78, 5) is 25.5. The maximum Gasteiger partial charge on any atom is 0.306 e. The first kappa shape index (κ1) is 57.1. The Kier molecular flexibility index (Phi) is 36.1. The molecule has 1 aliphatic rings. The number of rotatable bonds is 41. The van der Waals surface area contributed by atoms with Gasteiger partial charge in [-0.2, -0.15) is 8.42 Å². The molecule has 1 aliphatic heterocycles. The van der Waals surface area contributed by atoms with Crippen LogP contribution in [0.4, 0.5) is 0 Å². The maximum absolute atomic E-state index is 12.8. The van der Waals surface area contributed by atoms with E-state index in [-0.39, 0.29) is 19.4 Å². The zero-order valence-electron chi connectivity index (χ0n) is 38.3. The van der Waals surface area contributed by atoms with Gasteiger partial charge in [0.15, 0.2) is 12.4 Å². The van der Waals surface area contributed by atoms with Crippen molar-refractivity contribution in [1.29, 1.82) is 0 Å². The third-order valence-corrected chi connectivity index (χ3v) is 12.0. The predicted octanol–water partition coefficient (Wildman–Crippen LogP) is 10.4. The second-order valence-electron chi connectivity index (χ2n) is 17.1. The molecule has 13 heteroatoms. The van der Waals surface area contributed by atoms with Crippen molar-refractivity contribution in [1.82, 2.24) is 0 Å². The number of hydrogen-bond acceptors (Lipinski definition) is 11. The molecule has 6 unspecified atom stereocenters. The molecule has 1 saturated heterocycles. The van der Waals surface area contributed by atoms with Gasteiger partial charge < -0.3 is 34.3 Å². The minimum Gasteiger partial charge on any atom is -0.462 e. The molecule has 0 aromatic carbocycles. The van der Waals surface area contributed by atoms with Crippen molar-refractivity contribution in [2.24, 2.45) is 0 Å². The van der Waals surface area contributed by atoms with Crippen LogP contribution in [-0.2, 0) is 38.7 Å². The predicted molar refractivity (Wildman–Crippen MR) is 243 cm³/mol. The summed E-state index contributed by atoms with van der Waals surface area (Å²) in [6.45, 7) is 3.75. The molecule has 4 N–H and O–H groups in total. The average Bonchev–Trinajstić information content (AvgIpc) is 3.22. The van der Waals surface area contributed by atoms with Crippen LogP contribution in [0.15, 0.2) is 24.3 Å². The molecule has 0 spiro atoms.